The van der Waals surface area contributed by atoms with Gasteiger partial charge in [-0.1, -0.05) is 0 Å². The standard InChI is InChI=1S/C17H26N2O5S/c1-12-10-16(13(2)9-15(12)24-4)25(22,23)19-7-5-14(6-8-19)18(3)11-17(20)21/h9-10,14H,5-8,11H2,1-4H3,(H,20,21). The molecule has 1 aliphatic rings. The Morgan fingerprint density at radius 1 is 1.28 bits per heavy atom. The van der Waals surface area contributed by atoms with Crippen LogP contribution in [0.4, 0.5) is 0 Å². The van der Waals surface area contributed by atoms with Crippen LogP contribution in [0.5, 0.6) is 5.75 Å². The van der Waals surface area contributed by atoms with Crippen molar-refractivity contribution in [1.29, 1.82) is 0 Å². The molecule has 0 radical (unpaired) electrons. The summed E-state index contributed by atoms with van der Waals surface area (Å²) in [4.78, 5) is 12.9. The number of nitrogens with zero attached hydrogens (tertiary/aromatic N) is 2. The molecule has 1 aromatic carbocycles. The summed E-state index contributed by atoms with van der Waals surface area (Å²) in [7, 11) is -0.242. The van der Waals surface area contributed by atoms with Crippen molar-refractivity contribution in [2.75, 3.05) is 33.8 Å². The Kier molecular flexibility index (Phi) is 6.08. The highest BCUT2D eigenvalue weighted by atomic mass is 32.2. The number of carboxylic acids is 1. The van der Waals surface area contributed by atoms with Crippen LogP contribution in [0.25, 0.3) is 0 Å². The van der Waals surface area contributed by atoms with Crippen molar-refractivity contribution in [2.24, 2.45) is 0 Å². The Morgan fingerprint density at radius 2 is 1.88 bits per heavy atom. The number of rotatable bonds is 6. The molecule has 140 valence electrons. The highest BCUT2D eigenvalue weighted by Gasteiger charge is 2.32. The first-order valence-electron chi connectivity index (χ1n) is 8.24. The second kappa shape index (κ2) is 7.72. The van der Waals surface area contributed by atoms with E-state index in [1.54, 1.807) is 38.1 Å². The van der Waals surface area contributed by atoms with Gasteiger partial charge in [-0.15, -0.1) is 0 Å². The summed E-state index contributed by atoms with van der Waals surface area (Å²) < 4.78 is 32.7. The average molecular weight is 370 g/mol. The minimum absolute atomic E-state index is 0.0335. The van der Waals surface area contributed by atoms with Crippen LogP contribution in [0, 0.1) is 13.8 Å². The van der Waals surface area contributed by atoms with Crippen LogP contribution in [0.15, 0.2) is 17.0 Å². The number of likely N-dealkylation sites (N-methyl/N-ethyl adjacent to an activating group) is 1. The first-order valence-corrected chi connectivity index (χ1v) is 9.68. The monoisotopic (exact) mass is 370 g/mol. The Labute approximate surface area is 149 Å². The molecule has 1 heterocycles. The smallest absolute Gasteiger partial charge is 0.317 e. The van der Waals surface area contributed by atoms with Crippen molar-refractivity contribution in [2.45, 2.75) is 37.6 Å². The number of benzene rings is 1. The highest BCUT2D eigenvalue weighted by Crippen LogP contribution is 2.29. The van der Waals surface area contributed by atoms with Crippen LogP contribution in [-0.2, 0) is 14.8 Å². The Hall–Kier alpha value is -1.64. The summed E-state index contributed by atoms with van der Waals surface area (Å²) in [5.41, 5.74) is 1.44. The Bertz CT molecular complexity index is 740. The molecule has 0 bridgehead atoms. The number of carboxylic acid groups (broad SMARTS) is 1. The second-order valence-corrected chi connectivity index (χ2v) is 8.44. The van der Waals surface area contributed by atoms with E-state index in [1.165, 1.54) is 4.31 Å². The quantitative estimate of drug-likeness (QED) is 0.816. The van der Waals surface area contributed by atoms with Gasteiger partial charge in [-0.05, 0) is 57.0 Å². The number of piperidine rings is 1. The third kappa shape index (κ3) is 4.31. The molecule has 1 N–H and O–H groups in total. The molecule has 0 amide bonds. The van der Waals surface area contributed by atoms with Gasteiger partial charge in [0.2, 0.25) is 10.0 Å². The number of hydrogen-bond acceptors (Lipinski definition) is 5. The molecule has 0 atom stereocenters. The molecule has 2 rings (SSSR count). The summed E-state index contributed by atoms with van der Waals surface area (Å²) in [6, 6.07) is 3.49. The van der Waals surface area contributed by atoms with Crippen LogP contribution < -0.4 is 4.74 Å². The fourth-order valence-electron chi connectivity index (χ4n) is 3.27. The Balaban J connectivity index is 2.15. The van der Waals surface area contributed by atoms with Crippen molar-refractivity contribution in [3.05, 3.63) is 23.3 Å². The molecule has 0 aromatic heterocycles. The lowest BCUT2D eigenvalue weighted by molar-refractivity contribution is -0.138. The van der Waals surface area contributed by atoms with Gasteiger partial charge in [-0.2, -0.15) is 4.31 Å². The number of methoxy groups -OCH3 is 1. The van der Waals surface area contributed by atoms with Crippen molar-refractivity contribution < 1.29 is 23.1 Å². The van der Waals surface area contributed by atoms with Gasteiger partial charge in [0.05, 0.1) is 18.6 Å². The predicted molar refractivity (Wildman–Crippen MR) is 94.5 cm³/mol. The van der Waals surface area contributed by atoms with Crippen LogP contribution >= 0.6 is 0 Å². The van der Waals surface area contributed by atoms with Gasteiger partial charge in [0.1, 0.15) is 5.75 Å². The third-order valence-corrected chi connectivity index (χ3v) is 6.78. The SMILES string of the molecule is COc1cc(C)c(S(=O)(=O)N2CCC(N(C)CC(=O)O)CC2)cc1C. The largest absolute Gasteiger partial charge is 0.496 e. The second-order valence-electron chi connectivity index (χ2n) is 6.53. The van der Waals surface area contributed by atoms with E-state index in [2.05, 4.69) is 0 Å². The van der Waals surface area contributed by atoms with Crippen LogP contribution in [0.1, 0.15) is 24.0 Å². The van der Waals surface area contributed by atoms with E-state index in [0.717, 1.165) is 5.56 Å². The topological polar surface area (TPSA) is 87.2 Å². The molecule has 1 saturated heterocycles. The molecule has 1 aromatic rings. The number of carbonyl (C=O) groups is 1. The normalized spacial score (nSPS) is 17.0. The molecule has 0 aliphatic carbocycles. The zero-order chi connectivity index (χ0) is 18.8. The number of aryl methyl sites for hydroxylation is 2. The zero-order valence-corrected chi connectivity index (χ0v) is 16.0. The summed E-state index contributed by atoms with van der Waals surface area (Å²) in [6.45, 7) is 4.34. The van der Waals surface area contributed by atoms with Gasteiger partial charge in [-0.3, -0.25) is 9.69 Å². The first kappa shape index (κ1) is 19.7. The minimum atomic E-state index is -3.57. The van der Waals surface area contributed by atoms with Gasteiger partial charge in [0, 0.05) is 19.1 Å². The molecular formula is C17H26N2O5S. The maximum Gasteiger partial charge on any atom is 0.317 e. The van der Waals surface area contributed by atoms with Gasteiger partial charge < -0.3 is 9.84 Å². The van der Waals surface area contributed by atoms with Crippen molar-refractivity contribution >= 4 is 16.0 Å². The molecule has 0 saturated carbocycles. The lowest BCUT2D eigenvalue weighted by Crippen LogP contribution is -2.46. The zero-order valence-electron chi connectivity index (χ0n) is 15.2. The van der Waals surface area contributed by atoms with Crippen LogP contribution in [0.3, 0.4) is 0 Å². The first-order chi connectivity index (χ1) is 11.7. The van der Waals surface area contributed by atoms with Gasteiger partial charge in [0.25, 0.3) is 0 Å². The maximum absolute atomic E-state index is 13.0. The average Bonchev–Trinajstić information content (AvgIpc) is 2.55. The predicted octanol–water partition coefficient (Wildman–Crippen LogP) is 1.48. The van der Waals surface area contributed by atoms with E-state index >= 15 is 0 Å². The summed E-state index contributed by atoms with van der Waals surface area (Å²) >= 11 is 0. The van der Waals surface area contributed by atoms with E-state index in [-0.39, 0.29) is 12.6 Å². The van der Waals surface area contributed by atoms with Crippen molar-refractivity contribution in [3.8, 4) is 5.75 Å². The lowest BCUT2D eigenvalue weighted by Gasteiger charge is -2.35. The molecule has 0 spiro atoms. The van der Waals surface area contributed by atoms with E-state index < -0.39 is 16.0 Å². The molecule has 25 heavy (non-hydrogen) atoms. The molecule has 0 unspecified atom stereocenters. The minimum Gasteiger partial charge on any atom is -0.496 e. The van der Waals surface area contributed by atoms with E-state index in [4.69, 9.17) is 9.84 Å². The number of aliphatic carboxylic acids is 1. The molecule has 1 aliphatic heterocycles. The van der Waals surface area contributed by atoms with Crippen molar-refractivity contribution in [1.82, 2.24) is 9.21 Å². The molecular weight excluding hydrogens is 344 g/mol. The van der Waals surface area contributed by atoms with Crippen LogP contribution in [-0.4, -0.2) is 68.5 Å². The molecule has 7 nitrogen and oxygen atoms in total. The molecule has 1 fully saturated rings. The number of ether oxygens (including phenoxy) is 1. The van der Waals surface area contributed by atoms with Gasteiger partial charge in [0.15, 0.2) is 0 Å². The molecule has 8 heteroatoms. The highest BCUT2D eigenvalue weighted by molar-refractivity contribution is 7.89. The van der Waals surface area contributed by atoms with Crippen molar-refractivity contribution in [3.63, 3.8) is 0 Å². The number of sulfonamides is 1. The van der Waals surface area contributed by atoms with Gasteiger partial charge in [-0.25, -0.2) is 8.42 Å². The van der Waals surface area contributed by atoms with Gasteiger partial charge >= 0.3 is 5.97 Å². The summed E-state index contributed by atoms with van der Waals surface area (Å²) in [5.74, 6) is -0.202. The van der Waals surface area contributed by atoms with E-state index in [0.29, 0.717) is 42.1 Å². The lowest BCUT2D eigenvalue weighted by atomic mass is 10.1. The summed E-state index contributed by atoms with van der Waals surface area (Å²) in [5, 5.41) is 8.89. The maximum atomic E-state index is 13.0. The third-order valence-electron chi connectivity index (χ3n) is 4.74. The Morgan fingerprint density at radius 3 is 2.40 bits per heavy atom. The van der Waals surface area contributed by atoms with E-state index in [9.17, 15) is 13.2 Å². The van der Waals surface area contributed by atoms with E-state index in [1.807, 2.05) is 6.92 Å². The van der Waals surface area contributed by atoms with Crippen LogP contribution in [0.2, 0.25) is 0 Å². The summed E-state index contributed by atoms with van der Waals surface area (Å²) in [6.07, 6.45) is 1.24. The fourth-order valence-corrected chi connectivity index (χ4v) is 5.03. The fraction of sp³-hybridized carbons (Fsp3) is 0.588. The number of hydrogen-bond donors (Lipinski definition) is 1.